The van der Waals surface area contributed by atoms with Crippen molar-refractivity contribution in [3.8, 4) is 0 Å². The van der Waals surface area contributed by atoms with Crippen LogP contribution in [-0.4, -0.2) is 32.1 Å². The number of hydrogen-bond donors (Lipinski definition) is 0. The molecule has 1 unspecified atom stereocenters. The van der Waals surface area contributed by atoms with Gasteiger partial charge in [-0.05, 0) is 25.2 Å². The minimum Gasteiger partial charge on any atom is -0.367 e. The molecule has 1 atom stereocenters. The van der Waals surface area contributed by atoms with E-state index in [2.05, 4.69) is 0 Å². The van der Waals surface area contributed by atoms with Gasteiger partial charge in [-0.15, -0.1) is 0 Å². The second-order valence-electron chi connectivity index (χ2n) is 4.50. The number of ether oxygens (including phenoxy) is 1. The van der Waals surface area contributed by atoms with Crippen molar-refractivity contribution in [3.63, 3.8) is 0 Å². The molecule has 100 valence electrons. The zero-order chi connectivity index (χ0) is 17.9. The highest BCUT2D eigenvalue weighted by Crippen LogP contribution is 2.25. The van der Waals surface area contributed by atoms with E-state index in [0.29, 0.717) is 13.2 Å². The van der Waals surface area contributed by atoms with Gasteiger partial charge in [-0.2, -0.15) is 0 Å². The average Bonchev–Trinajstić information content (AvgIpc) is 2.57. The molecular formula is C17H21NO. The summed E-state index contributed by atoms with van der Waals surface area (Å²) in [6.45, 7) is 1.05. The predicted octanol–water partition coefficient (Wildman–Crippen LogP) is 3.35. The molecule has 0 radical (unpaired) electrons. The number of nitrogens with zero attached hydrogens (tertiary/aromatic N) is 1. The molecule has 0 aliphatic rings. The molecule has 0 aromatic heterocycles. The minimum absolute atomic E-state index is 0.172. The van der Waals surface area contributed by atoms with Gasteiger partial charge in [0.25, 0.3) is 0 Å². The Morgan fingerprint density at radius 3 is 2.37 bits per heavy atom. The van der Waals surface area contributed by atoms with Crippen LogP contribution in [0.25, 0.3) is 0 Å². The first-order valence-electron chi connectivity index (χ1n) is 8.72. The van der Waals surface area contributed by atoms with Crippen LogP contribution in [0.5, 0.6) is 0 Å². The molecule has 0 fully saturated rings. The molecule has 2 aromatic rings. The third kappa shape index (κ3) is 4.19. The van der Waals surface area contributed by atoms with Gasteiger partial charge in [0.1, 0.15) is 6.10 Å². The molecule has 0 aliphatic carbocycles. The highest BCUT2D eigenvalue weighted by atomic mass is 16.5. The van der Waals surface area contributed by atoms with Gasteiger partial charge < -0.3 is 9.64 Å². The van der Waals surface area contributed by atoms with E-state index in [9.17, 15) is 0 Å². The van der Waals surface area contributed by atoms with E-state index in [1.54, 1.807) is 0 Å². The molecule has 2 heteroatoms. The zero-order valence-electron chi connectivity index (χ0n) is 16.2. The largest absolute Gasteiger partial charge is 0.367 e. The molecule has 2 aromatic carbocycles. The molecule has 0 saturated heterocycles. The van der Waals surface area contributed by atoms with Crippen molar-refractivity contribution in [1.82, 2.24) is 4.90 Å². The van der Waals surface area contributed by atoms with E-state index < -0.39 is 12.1 Å². The lowest BCUT2D eigenvalue weighted by atomic mass is 10.0. The monoisotopic (exact) mass is 260 g/mol. The highest BCUT2D eigenvalue weighted by Gasteiger charge is 2.13. The summed E-state index contributed by atoms with van der Waals surface area (Å²) in [6.07, 6.45) is -0.708. The van der Waals surface area contributed by atoms with Crippen LogP contribution in [0, 0.1) is 0 Å². The second kappa shape index (κ2) is 7.07. The van der Waals surface area contributed by atoms with Gasteiger partial charge >= 0.3 is 0 Å². The van der Waals surface area contributed by atoms with Crippen molar-refractivity contribution in [2.45, 2.75) is 6.10 Å². The smallest absolute Gasteiger partial charge is 0.108 e. The van der Waals surface area contributed by atoms with Crippen LogP contribution in [0.1, 0.15) is 24.1 Å². The molecule has 2 rings (SSSR count). The molecule has 0 amide bonds. The lowest BCUT2D eigenvalue weighted by Gasteiger charge is -2.20. The van der Waals surface area contributed by atoms with Gasteiger partial charge in [-0.25, -0.2) is 0 Å². The van der Waals surface area contributed by atoms with Crippen LogP contribution in [0.3, 0.4) is 0 Å². The van der Waals surface area contributed by atoms with E-state index in [4.69, 9.17) is 11.6 Å². The maximum Gasteiger partial charge on any atom is 0.108 e. The third-order valence-electron chi connectivity index (χ3n) is 2.71. The third-order valence-corrected chi connectivity index (χ3v) is 2.71. The van der Waals surface area contributed by atoms with Gasteiger partial charge in [0.05, 0.1) is 13.5 Å². The summed E-state index contributed by atoms with van der Waals surface area (Å²) in [5.74, 6) is 0. The Hall–Kier alpha value is -1.64. The first-order valence-corrected chi connectivity index (χ1v) is 6.22. The van der Waals surface area contributed by atoms with Crippen molar-refractivity contribution < 1.29 is 11.6 Å². The molecule has 0 bridgehead atoms. The van der Waals surface area contributed by atoms with E-state index in [-0.39, 0.29) is 29.7 Å². The highest BCUT2D eigenvalue weighted by molar-refractivity contribution is 5.29. The van der Waals surface area contributed by atoms with Crippen molar-refractivity contribution in [3.05, 3.63) is 71.7 Å². The standard InChI is InChI=1S/C17H21NO/c1-18(2)13-14-19-17(15-9-5-3-6-10-15)16-11-7-4-8-12-16/h3-12,17H,13-14H2,1-2H3/i3D,5D,6D,9D,10D. The Kier molecular flexibility index (Phi) is 3.17. The van der Waals surface area contributed by atoms with E-state index in [1.807, 2.05) is 49.3 Å². The van der Waals surface area contributed by atoms with E-state index in [1.165, 1.54) is 0 Å². The van der Waals surface area contributed by atoms with Gasteiger partial charge in [-0.3, -0.25) is 0 Å². The Bertz CT molecular complexity index is 677. The molecule has 0 aliphatic heterocycles. The normalized spacial score (nSPS) is 16.3. The van der Waals surface area contributed by atoms with Crippen molar-refractivity contribution >= 4 is 0 Å². The quantitative estimate of drug-likeness (QED) is 0.789. The van der Waals surface area contributed by atoms with E-state index in [0.717, 1.165) is 5.56 Å². The SMILES string of the molecule is [2H]c1c([2H])c([2H])c(C(OCCN(C)C)c2ccccc2)c([2H])c1[2H]. The topological polar surface area (TPSA) is 12.5 Å². The predicted molar refractivity (Wildman–Crippen MR) is 79.2 cm³/mol. The fourth-order valence-corrected chi connectivity index (χ4v) is 1.72. The van der Waals surface area contributed by atoms with Gasteiger partial charge in [-0.1, -0.05) is 60.5 Å². The molecular weight excluding hydrogens is 234 g/mol. The Labute approximate surface area is 122 Å². The van der Waals surface area contributed by atoms with Crippen LogP contribution in [0.15, 0.2) is 60.5 Å². The summed E-state index contributed by atoms with van der Waals surface area (Å²) in [7, 11) is 3.84. The maximum atomic E-state index is 8.17. The van der Waals surface area contributed by atoms with Crippen LogP contribution in [-0.2, 0) is 4.74 Å². The number of hydrogen-bond acceptors (Lipinski definition) is 2. The minimum atomic E-state index is -0.708. The average molecular weight is 260 g/mol. The lowest BCUT2D eigenvalue weighted by molar-refractivity contribution is 0.0687. The fourth-order valence-electron chi connectivity index (χ4n) is 1.72. The maximum absolute atomic E-state index is 8.17. The summed E-state index contributed by atoms with van der Waals surface area (Å²) in [5, 5.41) is 0. The van der Waals surface area contributed by atoms with Gasteiger partial charge in [0.15, 0.2) is 0 Å². The first-order chi connectivity index (χ1) is 11.3. The van der Waals surface area contributed by atoms with Crippen LogP contribution in [0.2, 0.25) is 0 Å². The summed E-state index contributed by atoms with van der Waals surface area (Å²) < 4.78 is 45.7. The Morgan fingerprint density at radius 2 is 1.74 bits per heavy atom. The van der Waals surface area contributed by atoms with Crippen LogP contribution < -0.4 is 0 Å². The van der Waals surface area contributed by atoms with Gasteiger partial charge in [0, 0.05) is 6.54 Å². The number of rotatable bonds is 6. The Balaban J connectivity index is 2.52. The number of benzene rings is 2. The molecule has 19 heavy (non-hydrogen) atoms. The van der Waals surface area contributed by atoms with E-state index >= 15 is 0 Å². The first kappa shape index (κ1) is 8.51. The lowest BCUT2D eigenvalue weighted by Crippen LogP contribution is -2.20. The van der Waals surface area contributed by atoms with Crippen molar-refractivity contribution in [2.24, 2.45) is 0 Å². The fraction of sp³-hybridized carbons (Fsp3) is 0.294. The molecule has 2 nitrogen and oxygen atoms in total. The number of likely N-dealkylation sites (N-methyl/N-ethyl adjacent to an activating group) is 1. The van der Waals surface area contributed by atoms with Crippen molar-refractivity contribution in [2.75, 3.05) is 27.2 Å². The summed E-state index contributed by atoms with van der Waals surface area (Å²) >= 11 is 0. The zero-order valence-corrected chi connectivity index (χ0v) is 11.2. The molecule has 0 spiro atoms. The Morgan fingerprint density at radius 1 is 1.05 bits per heavy atom. The van der Waals surface area contributed by atoms with Crippen molar-refractivity contribution in [1.29, 1.82) is 0 Å². The summed E-state index contributed by atoms with van der Waals surface area (Å²) in [6, 6.07) is 7.68. The molecule has 0 saturated carbocycles. The van der Waals surface area contributed by atoms with Crippen LogP contribution in [0.4, 0.5) is 0 Å². The van der Waals surface area contributed by atoms with Gasteiger partial charge in [0.2, 0.25) is 0 Å². The molecule has 0 heterocycles. The molecule has 0 N–H and O–H groups in total. The second-order valence-corrected chi connectivity index (χ2v) is 4.50. The van der Waals surface area contributed by atoms with Crippen LogP contribution >= 0.6 is 0 Å². The summed E-state index contributed by atoms with van der Waals surface area (Å²) in [5.41, 5.74) is 0.931. The summed E-state index contributed by atoms with van der Waals surface area (Å²) in [4.78, 5) is 1.96.